The molecule has 1 rings (SSSR count). The van der Waals surface area contributed by atoms with Gasteiger partial charge in [-0.2, -0.15) is 0 Å². The number of aliphatic hydroxyl groups is 1. The second-order valence-electron chi connectivity index (χ2n) is 3.47. The molecule has 0 aromatic carbocycles. The van der Waals surface area contributed by atoms with Gasteiger partial charge in [0.2, 0.25) is 0 Å². The second kappa shape index (κ2) is 4.38. The molecule has 1 heterocycles. The molecule has 1 N–H and O–H groups in total. The first-order valence-electron chi connectivity index (χ1n) is 4.19. The van der Waals surface area contributed by atoms with E-state index in [-0.39, 0.29) is 0 Å². The Balaban J connectivity index is 3.12. The van der Waals surface area contributed by atoms with Gasteiger partial charge in [0.05, 0.1) is 11.3 Å². The zero-order valence-electron chi connectivity index (χ0n) is 8.10. The van der Waals surface area contributed by atoms with E-state index in [2.05, 4.69) is 30.2 Å². The second-order valence-corrected chi connectivity index (χ2v) is 4.37. The summed E-state index contributed by atoms with van der Waals surface area (Å²) in [6, 6.07) is 5.51. The van der Waals surface area contributed by atoms with Crippen LogP contribution in [0.25, 0.3) is 4.91 Å². The lowest BCUT2D eigenvalue weighted by atomic mass is 10.1. The molecule has 0 aliphatic heterocycles. The molecule has 0 amide bonds. The third-order valence-electron chi connectivity index (χ3n) is 1.71. The average Bonchev–Trinajstić information content (AvgIpc) is 2.15. The van der Waals surface area contributed by atoms with E-state index in [1.807, 2.05) is 18.2 Å². The van der Waals surface area contributed by atoms with Gasteiger partial charge in [0.25, 0.3) is 0 Å². The van der Waals surface area contributed by atoms with Gasteiger partial charge in [0.1, 0.15) is 0 Å². The van der Waals surface area contributed by atoms with Crippen molar-refractivity contribution >= 4 is 30.2 Å². The van der Waals surface area contributed by atoms with E-state index in [4.69, 9.17) is 0 Å². The summed E-state index contributed by atoms with van der Waals surface area (Å²) in [5.41, 5.74) is -0.277. The Hall–Kier alpha value is -0.450. The van der Waals surface area contributed by atoms with E-state index in [9.17, 15) is 5.11 Å². The van der Waals surface area contributed by atoms with Crippen molar-refractivity contribution in [2.45, 2.75) is 19.4 Å². The predicted molar refractivity (Wildman–Crippen MR) is 65.4 cm³/mol. The van der Waals surface area contributed by atoms with Gasteiger partial charge in [-0.05, 0) is 26.0 Å². The molecule has 1 aromatic heterocycles. The molecule has 76 valence electrons. The van der Waals surface area contributed by atoms with Crippen molar-refractivity contribution in [1.29, 1.82) is 0 Å². The van der Waals surface area contributed by atoms with E-state index in [0.717, 1.165) is 0 Å². The summed E-state index contributed by atoms with van der Waals surface area (Å²) in [7, 11) is 0. The maximum atomic E-state index is 9.71. The highest BCUT2D eigenvalue weighted by molar-refractivity contribution is 7.93. The minimum atomic E-state index is -0.988. The average molecular weight is 227 g/mol. The highest BCUT2D eigenvalue weighted by Crippen LogP contribution is 2.30. The molecule has 0 saturated heterocycles. The van der Waals surface area contributed by atoms with E-state index in [1.54, 1.807) is 20.0 Å². The van der Waals surface area contributed by atoms with Crippen LogP contribution < -0.4 is 0 Å². The molecule has 0 aliphatic rings. The molecule has 0 unspecified atom stereocenters. The molecule has 1 aromatic rings. The summed E-state index contributed by atoms with van der Waals surface area (Å²) in [6.07, 6.45) is 1.68. The van der Waals surface area contributed by atoms with Crippen molar-refractivity contribution in [3.63, 3.8) is 0 Å². The first-order valence-corrected chi connectivity index (χ1v) is 5.09. The van der Waals surface area contributed by atoms with E-state index in [0.29, 0.717) is 15.5 Å². The van der Waals surface area contributed by atoms with Crippen molar-refractivity contribution in [3.8, 4) is 0 Å². The van der Waals surface area contributed by atoms with Gasteiger partial charge in [-0.25, -0.2) is 0 Å². The fourth-order valence-electron chi connectivity index (χ4n) is 0.914. The zero-order chi connectivity index (χ0) is 10.8. The maximum Gasteiger partial charge on any atom is 0.0907 e. The zero-order valence-corrected chi connectivity index (χ0v) is 9.89. The number of aromatic nitrogens is 1. The van der Waals surface area contributed by atoms with Gasteiger partial charge in [0, 0.05) is 16.0 Å². The minimum Gasteiger partial charge on any atom is -0.385 e. The Morgan fingerprint density at radius 2 is 2.00 bits per heavy atom. The number of hydrogen-bond donors (Lipinski definition) is 3. The van der Waals surface area contributed by atoms with Crippen molar-refractivity contribution in [2.75, 3.05) is 0 Å². The van der Waals surface area contributed by atoms with Crippen LogP contribution >= 0.6 is 25.3 Å². The van der Waals surface area contributed by atoms with Crippen LogP contribution in [0, 0.1) is 0 Å². The van der Waals surface area contributed by atoms with Crippen LogP contribution in [0.5, 0.6) is 0 Å². The third kappa shape index (κ3) is 2.77. The first-order chi connectivity index (χ1) is 6.43. The SMILES string of the molecule is CC(C)(O)/C(S)=C(\S)c1ccccn1. The molecule has 4 heteroatoms. The minimum absolute atomic E-state index is 0.513. The smallest absolute Gasteiger partial charge is 0.0907 e. The normalized spacial score (nSPS) is 13.8. The number of nitrogens with zero attached hydrogens (tertiary/aromatic N) is 1. The van der Waals surface area contributed by atoms with Gasteiger partial charge < -0.3 is 5.11 Å². The summed E-state index contributed by atoms with van der Waals surface area (Å²) in [5, 5.41) is 9.71. The Morgan fingerprint density at radius 1 is 1.36 bits per heavy atom. The van der Waals surface area contributed by atoms with Gasteiger partial charge in [-0.3, -0.25) is 4.98 Å². The van der Waals surface area contributed by atoms with Crippen LogP contribution in [0.2, 0.25) is 0 Å². The van der Waals surface area contributed by atoms with Crippen LogP contribution in [-0.2, 0) is 0 Å². The summed E-state index contributed by atoms with van der Waals surface area (Å²) in [6.45, 7) is 3.32. The fraction of sp³-hybridized carbons (Fsp3) is 0.300. The summed E-state index contributed by atoms with van der Waals surface area (Å²) < 4.78 is 0. The highest BCUT2D eigenvalue weighted by atomic mass is 32.1. The topological polar surface area (TPSA) is 33.1 Å². The number of pyridine rings is 1. The molecule has 0 spiro atoms. The summed E-state index contributed by atoms with van der Waals surface area (Å²) in [5.74, 6) is 0. The number of hydrogen-bond acceptors (Lipinski definition) is 4. The molecule has 0 bridgehead atoms. The molecule has 0 radical (unpaired) electrons. The fourth-order valence-corrected chi connectivity index (χ4v) is 1.43. The Morgan fingerprint density at radius 3 is 2.43 bits per heavy atom. The van der Waals surface area contributed by atoms with Crippen LogP contribution in [0.3, 0.4) is 0 Å². The number of thiol groups is 2. The Bertz CT molecular complexity index is 341. The number of rotatable bonds is 2. The van der Waals surface area contributed by atoms with E-state index >= 15 is 0 Å². The Kier molecular flexibility index (Phi) is 3.64. The quantitative estimate of drug-likeness (QED) is 0.678. The van der Waals surface area contributed by atoms with Crippen LogP contribution in [0.15, 0.2) is 29.3 Å². The van der Waals surface area contributed by atoms with Crippen molar-refractivity contribution < 1.29 is 5.11 Å². The van der Waals surface area contributed by atoms with Gasteiger partial charge >= 0.3 is 0 Å². The summed E-state index contributed by atoms with van der Waals surface area (Å²) >= 11 is 8.52. The van der Waals surface area contributed by atoms with Gasteiger partial charge in [-0.15, -0.1) is 25.3 Å². The molecule has 2 nitrogen and oxygen atoms in total. The van der Waals surface area contributed by atoms with Crippen LogP contribution in [-0.4, -0.2) is 15.7 Å². The van der Waals surface area contributed by atoms with Gasteiger partial charge in [0.15, 0.2) is 0 Å². The highest BCUT2D eigenvalue weighted by Gasteiger charge is 2.19. The molecular formula is C10H13NOS2. The predicted octanol–water partition coefficient (Wildman–Crippen LogP) is 2.38. The maximum absolute atomic E-state index is 9.71. The van der Waals surface area contributed by atoms with Crippen molar-refractivity contribution in [2.24, 2.45) is 0 Å². The van der Waals surface area contributed by atoms with Gasteiger partial charge in [-0.1, -0.05) is 6.07 Å². The lowest BCUT2D eigenvalue weighted by Crippen LogP contribution is -2.19. The van der Waals surface area contributed by atoms with Crippen molar-refractivity contribution in [1.82, 2.24) is 4.98 Å². The largest absolute Gasteiger partial charge is 0.385 e. The summed E-state index contributed by atoms with van der Waals surface area (Å²) in [4.78, 5) is 5.23. The van der Waals surface area contributed by atoms with Crippen molar-refractivity contribution in [3.05, 3.63) is 35.0 Å². The standard InChI is InChI=1S/C10H13NOS2/c1-10(2,12)9(14)8(13)7-5-3-4-6-11-7/h3-6,12-14H,1-2H3/b9-8+. The van der Waals surface area contributed by atoms with E-state index < -0.39 is 5.60 Å². The molecule has 0 aliphatic carbocycles. The molecule has 0 saturated carbocycles. The first kappa shape index (κ1) is 11.6. The third-order valence-corrected chi connectivity index (χ3v) is 3.11. The lowest BCUT2D eigenvalue weighted by Gasteiger charge is -2.19. The van der Waals surface area contributed by atoms with Crippen LogP contribution in [0.1, 0.15) is 19.5 Å². The molecular weight excluding hydrogens is 214 g/mol. The van der Waals surface area contributed by atoms with Crippen LogP contribution in [0.4, 0.5) is 0 Å². The molecule has 0 fully saturated rings. The monoisotopic (exact) mass is 227 g/mol. The molecule has 14 heavy (non-hydrogen) atoms. The lowest BCUT2D eigenvalue weighted by molar-refractivity contribution is 0.130. The molecule has 0 atom stereocenters. The Labute approximate surface area is 94.9 Å². The van der Waals surface area contributed by atoms with E-state index in [1.165, 1.54) is 0 Å².